The van der Waals surface area contributed by atoms with Crippen molar-refractivity contribution in [2.24, 2.45) is 0 Å². The predicted molar refractivity (Wildman–Crippen MR) is 107 cm³/mol. The molecule has 3 aromatic rings. The van der Waals surface area contributed by atoms with Crippen LogP contribution in [-0.2, 0) is 4.74 Å². The van der Waals surface area contributed by atoms with E-state index in [1.165, 1.54) is 16.9 Å². The van der Waals surface area contributed by atoms with E-state index in [1.807, 2.05) is 0 Å². The van der Waals surface area contributed by atoms with Crippen LogP contribution in [0.1, 0.15) is 38.1 Å². The van der Waals surface area contributed by atoms with Crippen molar-refractivity contribution in [3.8, 4) is 5.82 Å². The van der Waals surface area contributed by atoms with E-state index < -0.39 is 17.8 Å². The number of hydrogen-bond donors (Lipinski definition) is 3. The second kappa shape index (κ2) is 8.02. The monoisotopic (exact) mass is 417 g/mol. The fourth-order valence-electron chi connectivity index (χ4n) is 2.48. The number of aliphatic hydroxyl groups excluding tert-OH is 1. The van der Waals surface area contributed by atoms with Crippen molar-refractivity contribution >= 4 is 29.3 Å². The Kier molecular flexibility index (Phi) is 5.66. The molecule has 29 heavy (non-hydrogen) atoms. The molecule has 3 rings (SSSR count). The Hall–Kier alpha value is -3.24. The Balaban J connectivity index is 1.85. The summed E-state index contributed by atoms with van der Waals surface area (Å²) in [6.07, 6.45) is -0.316. The Morgan fingerprint density at radius 2 is 2.03 bits per heavy atom. The van der Waals surface area contributed by atoms with Crippen molar-refractivity contribution < 1.29 is 14.6 Å². The molecule has 1 unspecified atom stereocenters. The zero-order chi connectivity index (χ0) is 21.2. The van der Waals surface area contributed by atoms with E-state index in [0.717, 1.165) is 0 Å². The molecule has 0 saturated heterocycles. The minimum absolute atomic E-state index is 0.0167. The number of anilines is 2. The number of benzene rings is 1. The number of carbonyl (C=O) groups is 1. The molecule has 0 saturated carbocycles. The van der Waals surface area contributed by atoms with Crippen LogP contribution in [0.15, 0.2) is 36.5 Å². The number of para-hydroxylation sites is 1. The molecule has 0 spiro atoms. The summed E-state index contributed by atoms with van der Waals surface area (Å²) >= 11 is 5.89. The van der Waals surface area contributed by atoms with E-state index in [-0.39, 0.29) is 16.8 Å². The molecule has 1 atom stereocenters. The van der Waals surface area contributed by atoms with Gasteiger partial charge in [-0.1, -0.05) is 35.0 Å². The van der Waals surface area contributed by atoms with Crippen LogP contribution in [0.25, 0.3) is 5.82 Å². The fraction of sp³-hybridized carbons (Fsp3) is 0.278. The van der Waals surface area contributed by atoms with Crippen LogP contribution in [0.2, 0.25) is 5.15 Å². The third-order valence-electron chi connectivity index (χ3n) is 3.62. The topological polar surface area (TPSA) is 141 Å². The molecule has 152 valence electrons. The zero-order valence-corrected chi connectivity index (χ0v) is 16.8. The minimum atomic E-state index is -1.16. The molecule has 4 N–H and O–H groups in total. The standard InChI is InChI=1S/C18H20ClN7O3/c1-18(2,3)29-17(28)21-11-7-5-4-6-10(11)15(27)12-9-26(25-24-12)14-8-13(19)22-16(20)23-14/h4-9,15,27H,1-3H3,(H,21,28)(H2,20,22,23). The van der Waals surface area contributed by atoms with Crippen molar-refractivity contribution in [1.29, 1.82) is 0 Å². The van der Waals surface area contributed by atoms with Gasteiger partial charge in [-0.05, 0) is 26.8 Å². The van der Waals surface area contributed by atoms with Gasteiger partial charge in [0.2, 0.25) is 5.95 Å². The van der Waals surface area contributed by atoms with Crippen LogP contribution in [0.3, 0.4) is 0 Å². The highest BCUT2D eigenvalue weighted by atomic mass is 35.5. The van der Waals surface area contributed by atoms with Gasteiger partial charge in [0.05, 0.1) is 11.9 Å². The molecule has 1 aromatic carbocycles. The molecule has 11 heteroatoms. The third kappa shape index (κ3) is 5.18. The SMILES string of the molecule is CC(C)(C)OC(=O)Nc1ccccc1C(O)c1cn(-c2cc(Cl)nc(N)n2)nn1. The summed E-state index contributed by atoms with van der Waals surface area (Å²) in [5.41, 5.74) is 5.99. The van der Waals surface area contributed by atoms with E-state index >= 15 is 0 Å². The Bertz CT molecular complexity index is 1010. The first kappa shape index (κ1) is 20.5. The summed E-state index contributed by atoms with van der Waals surface area (Å²) in [5.74, 6) is 0.283. The van der Waals surface area contributed by atoms with Gasteiger partial charge in [0.25, 0.3) is 0 Å². The molecule has 0 aliphatic rings. The number of carbonyl (C=O) groups excluding carboxylic acids is 1. The number of ether oxygens (including phenoxy) is 1. The van der Waals surface area contributed by atoms with Gasteiger partial charge < -0.3 is 15.6 Å². The lowest BCUT2D eigenvalue weighted by atomic mass is 10.0. The second-order valence-electron chi connectivity index (χ2n) is 7.11. The molecule has 0 fully saturated rings. The number of aromatic nitrogens is 5. The highest BCUT2D eigenvalue weighted by Crippen LogP contribution is 2.28. The molecule has 10 nitrogen and oxygen atoms in total. The van der Waals surface area contributed by atoms with Gasteiger partial charge in [-0.15, -0.1) is 5.10 Å². The number of amides is 1. The van der Waals surface area contributed by atoms with Gasteiger partial charge in [0.1, 0.15) is 22.6 Å². The number of nitrogens with one attached hydrogen (secondary N) is 1. The van der Waals surface area contributed by atoms with Crippen LogP contribution in [0.4, 0.5) is 16.4 Å². The summed E-state index contributed by atoms with van der Waals surface area (Å²) in [6.45, 7) is 5.29. The van der Waals surface area contributed by atoms with Crippen LogP contribution >= 0.6 is 11.6 Å². The summed E-state index contributed by atoms with van der Waals surface area (Å²) in [4.78, 5) is 19.9. The normalized spacial score (nSPS) is 12.4. The Morgan fingerprint density at radius 3 is 2.72 bits per heavy atom. The van der Waals surface area contributed by atoms with Gasteiger partial charge in [0.15, 0.2) is 5.82 Å². The highest BCUT2D eigenvalue weighted by molar-refractivity contribution is 6.29. The first-order valence-electron chi connectivity index (χ1n) is 8.62. The summed E-state index contributed by atoms with van der Waals surface area (Å²) in [7, 11) is 0. The van der Waals surface area contributed by atoms with E-state index in [9.17, 15) is 9.90 Å². The van der Waals surface area contributed by atoms with Crippen molar-refractivity contribution in [2.45, 2.75) is 32.5 Å². The van der Waals surface area contributed by atoms with Gasteiger partial charge in [-0.25, -0.2) is 14.5 Å². The van der Waals surface area contributed by atoms with Gasteiger partial charge >= 0.3 is 6.09 Å². The maximum atomic E-state index is 12.1. The number of nitrogen functional groups attached to an aromatic ring is 1. The molecular formula is C18H20ClN7O3. The predicted octanol–water partition coefficient (Wildman–Crippen LogP) is 2.72. The molecule has 0 aliphatic carbocycles. The summed E-state index contributed by atoms with van der Waals surface area (Å²) < 4.78 is 6.58. The zero-order valence-electron chi connectivity index (χ0n) is 16.0. The number of nitrogens with two attached hydrogens (primary N) is 1. The summed E-state index contributed by atoms with van der Waals surface area (Å²) in [5, 5.41) is 21.5. The molecule has 2 aromatic heterocycles. The Labute approximate surface area is 171 Å². The maximum Gasteiger partial charge on any atom is 0.412 e. The second-order valence-corrected chi connectivity index (χ2v) is 7.50. The Morgan fingerprint density at radius 1 is 1.31 bits per heavy atom. The summed E-state index contributed by atoms with van der Waals surface area (Å²) in [6, 6.07) is 8.23. The van der Waals surface area contributed by atoms with E-state index in [1.54, 1.807) is 45.0 Å². The molecule has 0 aliphatic heterocycles. The lowest BCUT2D eigenvalue weighted by Crippen LogP contribution is -2.27. The molecule has 2 heterocycles. The van der Waals surface area contributed by atoms with Crippen molar-refractivity contribution in [3.05, 3.63) is 52.9 Å². The number of halogens is 1. The van der Waals surface area contributed by atoms with Crippen molar-refractivity contribution in [1.82, 2.24) is 25.0 Å². The largest absolute Gasteiger partial charge is 0.444 e. The first-order chi connectivity index (χ1) is 13.6. The number of rotatable bonds is 4. The van der Waals surface area contributed by atoms with Crippen LogP contribution in [0.5, 0.6) is 0 Å². The first-order valence-corrected chi connectivity index (χ1v) is 9.00. The van der Waals surface area contributed by atoms with Gasteiger partial charge in [-0.3, -0.25) is 5.32 Å². The average Bonchev–Trinajstić information content (AvgIpc) is 3.09. The quantitative estimate of drug-likeness (QED) is 0.550. The molecule has 0 radical (unpaired) electrons. The van der Waals surface area contributed by atoms with Crippen LogP contribution in [-0.4, -0.2) is 41.8 Å². The smallest absolute Gasteiger partial charge is 0.412 e. The highest BCUT2D eigenvalue weighted by Gasteiger charge is 2.22. The van der Waals surface area contributed by atoms with E-state index in [4.69, 9.17) is 22.1 Å². The lowest BCUT2D eigenvalue weighted by molar-refractivity contribution is 0.0635. The molecule has 0 bridgehead atoms. The number of hydrogen-bond acceptors (Lipinski definition) is 8. The van der Waals surface area contributed by atoms with Gasteiger partial charge in [0, 0.05) is 11.6 Å². The number of nitrogens with zero attached hydrogens (tertiary/aromatic N) is 5. The van der Waals surface area contributed by atoms with Crippen LogP contribution in [0, 0.1) is 0 Å². The minimum Gasteiger partial charge on any atom is -0.444 e. The average molecular weight is 418 g/mol. The van der Waals surface area contributed by atoms with E-state index in [2.05, 4.69) is 25.6 Å². The fourth-order valence-corrected chi connectivity index (χ4v) is 2.66. The molecule has 1 amide bonds. The third-order valence-corrected chi connectivity index (χ3v) is 3.81. The van der Waals surface area contributed by atoms with Crippen molar-refractivity contribution in [3.63, 3.8) is 0 Å². The lowest BCUT2D eigenvalue weighted by Gasteiger charge is -2.21. The van der Waals surface area contributed by atoms with E-state index in [0.29, 0.717) is 17.1 Å². The van der Waals surface area contributed by atoms with Gasteiger partial charge in [-0.2, -0.15) is 4.98 Å². The number of aliphatic hydroxyl groups is 1. The molecular weight excluding hydrogens is 398 g/mol. The van der Waals surface area contributed by atoms with Crippen molar-refractivity contribution in [2.75, 3.05) is 11.1 Å². The maximum absolute atomic E-state index is 12.1. The van der Waals surface area contributed by atoms with Crippen LogP contribution < -0.4 is 11.1 Å².